The van der Waals surface area contributed by atoms with Crippen LogP contribution in [0, 0.1) is 0 Å². The van der Waals surface area contributed by atoms with Crippen molar-refractivity contribution in [1.82, 2.24) is 0 Å². The molecular formula is C13H14O4S2. The molecule has 2 heterocycles. The van der Waals surface area contributed by atoms with Crippen molar-refractivity contribution in [3.05, 3.63) is 21.9 Å². The zero-order valence-electron chi connectivity index (χ0n) is 11.1. The molecule has 0 N–H and O–H groups in total. The summed E-state index contributed by atoms with van der Waals surface area (Å²) < 4.78 is 11.0. The molecule has 102 valence electrons. The fourth-order valence-corrected chi connectivity index (χ4v) is 3.66. The topological polar surface area (TPSA) is 52.6 Å². The molecule has 0 amide bonds. The van der Waals surface area contributed by atoms with E-state index in [1.807, 2.05) is 20.8 Å². The zero-order chi connectivity index (χ0) is 14.2. The van der Waals surface area contributed by atoms with Crippen molar-refractivity contribution in [3.8, 4) is 0 Å². The van der Waals surface area contributed by atoms with Gasteiger partial charge in [0.25, 0.3) is 0 Å². The van der Waals surface area contributed by atoms with E-state index >= 15 is 0 Å². The molecule has 2 rings (SSSR count). The van der Waals surface area contributed by atoms with E-state index < -0.39 is 17.5 Å². The Hall–Kier alpha value is -1.40. The molecule has 0 radical (unpaired) electrons. The standard InChI is InChI=1S/C13H14O4S2/c1-13(2,3)17-11(15)8-6-19-12-9(8)7(5-18-12)10(14)16-4/h5-6H,1-4H3. The molecule has 6 heteroatoms. The normalized spacial score (nSPS) is 11.6. The molecule has 0 saturated heterocycles. The van der Waals surface area contributed by atoms with Gasteiger partial charge in [0.2, 0.25) is 0 Å². The molecule has 2 aromatic heterocycles. The van der Waals surface area contributed by atoms with E-state index in [0.717, 1.165) is 4.01 Å². The van der Waals surface area contributed by atoms with Gasteiger partial charge in [-0.15, -0.1) is 22.7 Å². The lowest BCUT2D eigenvalue weighted by Crippen LogP contribution is -2.23. The van der Waals surface area contributed by atoms with Crippen molar-refractivity contribution in [2.24, 2.45) is 0 Å². The van der Waals surface area contributed by atoms with Crippen LogP contribution in [-0.2, 0) is 9.47 Å². The van der Waals surface area contributed by atoms with E-state index in [1.165, 1.54) is 29.8 Å². The fourth-order valence-electron chi connectivity index (χ4n) is 1.60. The van der Waals surface area contributed by atoms with Gasteiger partial charge in [-0.2, -0.15) is 0 Å². The number of ether oxygens (including phenoxy) is 2. The first-order valence-corrected chi connectivity index (χ1v) is 7.40. The third-order valence-corrected chi connectivity index (χ3v) is 4.46. The Labute approximate surface area is 118 Å². The van der Waals surface area contributed by atoms with Gasteiger partial charge < -0.3 is 9.47 Å². The summed E-state index contributed by atoms with van der Waals surface area (Å²) in [5.41, 5.74) is 0.286. The van der Waals surface area contributed by atoms with Gasteiger partial charge in [0.05, 0.1) is 22.3 Å². The van der Waals surface area contributed by atoms with Crippen LogP contribution in [0.15, 0.2) is 10.8 Å². The minimum absolute atomic E-state index is 0.415. The van der Waals surface area contributed by atoms with Gasteiger partial charge in [0.15, 0.2) is 0 Å². The molecule has 0 fully saturated rings. The van der Waals surface area contributed by atoms with E-state index in [1.54, 1.807) is 10.8 Å². The number of carbonyl (C=O) groups is 2. The summed E-state index contributed by atoms with van der Waals surface area (Å²) >= 11 is 2.85. The van der Waals surface area contributed by atoms with Gasteiger partial charge in [-0.3, -0.25) is 0 Å². The maximum absolute atomic E-state index is 12.1. The van der Waals surface area contributed by atoms with Crippen LogP contribution in [0.5, 0.6) is 0 Å². The summed E-state index contributed by atoms with van der Waals surface area (Å²) in [5, 5.41) is 4.07. The van der Waals surface area contributed by atoms with E-state index in [4.69, 9.17) is 9.47 Å². The predicted octanol–water partition coefficient (Wildman–Crippen LogP) is 3.70. The Morgan fingerprint density at radius 3 is 2.05 bits per heavy atom. The molecule has 0 spiro atoms. The van der Waals surface area contributed by atoms with Gasteiger partial charge in [-0.05, 0) is 20.8 Å². The quantitative estimate of drug-likeness (QED) is 0.793. The van der Waals surface area contributed by atoms with Crippen molar-refractivity contribution < 1.29 is 19.1 Å². The first-order chi connectivity index (χ1) is 8.83. The second-order valence-electron chi connectivity index (χ2n) is 4.95. The van der Waals surface area contributed by atoms with E-state index in [2.05, 4.69) is 0 Å². The van der Waals surface area contributed by atoms with Crippen LogP contribution in [0.3, 0.4) is 0 Å². The zero-order valence-corrected chi connectivity index (χ0v) is 12.7. The summed E-state index contributed by atoms with van der Waals surface area (Å²) in [6.45, 7) is 5.43. The van der Waals surface area contributed by atoms with Crippen molar-refractivity contribution >= 4 is 44.0 Å². The molecule has 19 heavy (non-hydrogen) atoms. The lowest BCUT2D eigenvalue weighted by molar-refractivity contribution is 0.00723. The van der Waals surface area contributed by atoms with Crippen LogP contribution in [0.1, 0.15) is 41.5 Å². The highest BCUT2D eigenvalue weighted by Crippen LogP contribution is 2.35. The lowest BCUT2D eigenvalue weighted by Gasteiger charge is -2.19. The molecule has 0 aromatic carbocycles. The molecule has 0 aliphatic carbocycles. The van der Waals surface area contributed by atoms with Crippen molar-refractivity contribution in [1.29, 1.82) is 0 Å². The van der Waals surface area contributed by atoms with Crippen LogP contribution in [0.2, 0.25) is 0 Å². The van der Waals surface area contributed by atoms with Gasteiger partial charge in [-0.1, -0.05) is 0 Å². The fraction of sp³-hybridized carbons (Fsp3) is 0.385. The highest BCUT2D eigenvalue weighted by molar-refractivity contribution is 7.37. The molecule has 2 aromatic rings. The van der Waals surface area contributed by atoms with Crippen molar-refractivity contribution in [2.75, 3.05) is 7.11 Å². The average Bonchev–Trinajstić information content (AvgIpc) is 2.85. The second-order valence-corrected chi connectivity index (χ2v) is 6.97. The molecular weight excluding hydrogens is 284 g/mol. The van der Waals surface area contributed by atoms with Gasteiger partial charge >= 0.3 is 11.9 Å². The molecule has 0 aliphatic heterocycles. The van der Waals surface area contributed by atoms with Gasteiger partial charge in [0, 0.05) is 16.1 Å². The number of methoxy groups -OCH3 is 1. The van der Waals surface area contributed by atoms with Crippen molar-refractivity contribution in [2.45, 2.75) is 26.4 Å². The third kappa shape index (κ3) is 2.79. The van der Waals surface area contributed by atoms with Crippen LogP contribution in [-0.4, -0.2) is 24.6 Å². The first-order valence-electron chi connectivity index (χ1n) is 5.64. The largest absolute Gasteiger partial charge is 0.465 e. The predicted molar refractivity (Wildman–Crippen MR) is 76.2 cm³/mol. The van der Waals surface area contributed by atoms with Crippen LogP contribution >= 0.6 is 22.7 Å². The Bertz CT molecular complexity index is 631. The summed E-state index contributed by atoms with van der Waals surface area (Å²) in [5.74, 6) is -0.850. The maximum atomic E-state index is 12.1. The number of thiophene rings is 2. The SMILES string of the molecule is COC(=O)c1csc2scc(C(=O)OC(C)(C)C)c12. The van der Waals surface area contributed by atoms with Crippen molar-refractivity contribution in [3.63, 3.8) is 0 Å². The number of hydrogen-bond acceptors (Lipinski definition) is 6. The Morgan fingerprint density at radius 2 is 1.58 bits per heavy atom. The van der Waals surface area contributed by atoms with E-state index in [9.17, 15) is 9.59 Å². The van der Waals surface area contributed by atoms with Crippen LogP contribution < -0.4 is 0 Å². The molecule has 4 nitrogen and oxygen atoms in total. The summed E-state index contributed by atoms with van der Waals surface area (Å²) in [6, 6.07) is 0. The summed E-state index contributed by atoms with van der Waals surface area (Å²) in [7, 11) is 1.32. The summed E-state index contributed by atoms with van der Waals surface area (Å²) in [4.78, 5) is 23.8. The van der Waals surface area contributed by atoms with Gasteiger partial charge in [-0.25, -0.2) is 9.59 Å². The lowest BCUT2D eigenvalue weighted by atomic mass is 10.1. The molecule has 0 aliphatic rings. The average molecular weight is 298 g/mol. The molecule has 0 atom stereocenters. The summed E-state index contributed by atoms with van der Waals surface area (Å²) in [6.07, 6.45) is 0. The van der Waals surface area contributed by atoms with Gasteiger partial charge in [0.1, 0.15) is 5.60 Å². The highest BCUT2D eigenvalue weighted by Gasteiger charge is 2.25. The van der Waals surface area contributed by atoms with Crippen LogP contribution in [0.4, 0.5) is 0 Å². The minimum Gasteiger partial charge on any atom is -0.465 e. The maximum Gasteiger partial charge on any atom is 0.340 e. The number of fused-ring (bicyclic) bond motifs is 1. The third-order valence-electron chi connectivity index (χ3n) is 2.33. The first kappa shape index (κ1) is 14.0. The number of hydrogen-bond donors (Lipinski definition) is 0. The number of rotatable bonds is 2. The monoisotopic (exact) mass is 298 g/mol. The molecule has 0 saturated carbocycles. The van der Waals surface area contributed by atoms with E-state index in [-0.39, 0.29) is 0 Å². The Kier molecular flexibility index (Phi) is 3.64. The molecule has 0 bridgehead atoms. The Balaban J connectivity index is 2.47. The van der Waals surface area contributed by atoms with Crippen LogP contribution in [0.25, 0.3) is 9.40 Å². The minimum atomic E-state index is -0.563. The Morgan fingerprint density at radius 1 is 1.05 bits per heavy atom. The number of carbonyl (C=O) groups excluding carboxylic acids is 2. The highest BCUT2D eigenvalue weighted by atomic mass is 32.2. The smallest absolute Gasteiger partial charge is 0.340 e. The molecule has 0 unspecified atom stereocenters. The second kappa shape index (κ2) is 4.94. The van der Waals surface area contributed by atoms with E-state index in [0.29, 0.717) is 16.5 Å². The number of esters is 2.